The van der Waals surface area contributed by atoms with Crippen LogP contribution in [-0.2, 0) is 6.54 Å². The largest absolute Gasteiger partial charge is 0.334 e. The molecule has 0 bridgehead atoms. The maximum Gasteiger partial charge on any atom is 0.321 e. The van der Waals surface area contributed by atoms with Crippen LogP contribution >= 0.6 is 15.9 Å². The number of carbonyl (C=O) groups excluding carboxylic acids is 1. The van der Waals surface area contributed by atoms with Crippen LogP contribution in [0.15, 0.2) is 41.1 Å². The standard InChI is InChI=1S/C12H10BrFN4O/c13-9-6-15-11(16-7-9)18-12(19)17-5-8-2-1-3-10(14)4-8/h1-4,6-7H,5H2,(H2,15,16,17,18,19). The molecule has 0 atom stereocenters. The molecule has 19 heavy (non-hydrogen) atoms. The predicted octanol–water partition coefficient (Wildman–Crippen LogP) is 2.70. The van der Waals surface area contributed by atoms with Gasteiger partial charge < -0.3 is 5.32 Å². The lowest BCUT2D eigenvalue weighted by Crippen LogP contribution is -2.28. The molecule has 98 valence electrons. The molecule has 0 aliphatic rings. The summed E-state index contributed by atoms with van der Waals surface area (Å²) in [6, 6.07) is 5.56. The van der Waals surface area contributed by atoms with Gasteiger partial charge in [0.05, 0.1) is 4.47 Å². The highest BCUT2D eigenvalue weighted by molar-refractivity contribution is 9.10. The van der Waals surface area contributed by atoms with Crippen molar-refractivity contribution in [1.82, 2.24) is 15.3 Å². The van der Waals surface area contributed by atoms with E-state index in [2.05, 4.69) is 36.5 Å². The quantitative estimate of drug-likeness (QED) is 0.912. The van der Waals surface area contributed by atoms with Gasteiger partial charge in [-0.05, 0) is 33.6 Å². The lowest BCUT2D eigenvalue weighted by molar-refractivity contribution is 0.251. The number of benzene rings is 1. The van der Waals surface area contributed by atoms with Crippen molar-refractivity contribution in [1.29, 1.82) is 0 Å². The van der Waals surface area contributed by atoms with Gasteiger partial charge in [0.25, 0.3) is 0 Å². The van der Waals surface area contributed by atoms with Crippen LogP contribution in [0.1, 0.15) is 5.56 Å². The Morgan fingerprint density at radius 2 is 2.05 bits per heavy atom. The van der Waals surface area contributed by atoms with Crippen molar-refractivity contribution in [2.24, 2.45) is 0 Å². The maximum atomic E-state index is 12.9. The third-order valence-corrected chi connectivity index (χ3v) is 2.60. The van der Waals surface area contributed by atoms with Crippen molar-refractivity contribution in [2.75, 3.05) is 5.32 Å². The Morgan fingerprint density at radius 3 is 2.74 bits per heavy atom. The van der Waals surface area contributed by atoms with Crippen LogP contribution in [0, 0.1) is 5.82 Å². The molecule has 0 saturated heterocycles. The highest BCUT2D eigenvalue weighted by Crippen LogP contribution is 2.07. The highest BCUT2D eigenvalue weighted by atomic mass is 79.9. The lowest BCUT2D eigenvalue weighted by Gasteiger charge is -2.06. The van der Waals surface area contributed by atoms with E-state index in [1.807, 2.05) is 0 Å². The third-order valence-electron chi connectivity index (χ3n) is 2.19. The van der Waals surface area contributed by atoms with Crippen LogP contribution in [-0.4, -0.2) is 16.0 Å². The molecule has 0 saturated carbocycles. The molecule has 0 unspecified atom stereocenters. The molecular weight excluding hydrogens is 315 g/mol. The van der Waals surface area contributed by atoms with Crippen molar-refractivity contribution in [3.8, 4) is 0 Å². The molecule has 2 N–H and O–H groups in total. The van der Waals surface area contributed by atoms with Crippen LogP contribution in [0.4, 0.5) is 15.1 Å². The molecule has 5 nitrogen and oxygen atoms in total. The number of rotatable bonds is 3. The summed E-state index contributed by atoms with van der Waals surface area (Å²) in [7, 11) is 0. The average molecular weight is 325 g/mol. The Kier molecular flexibility index (Phi) is 4.40. The number of halogens is 2. The number of aromatic nitrogens is 2. The molecule has 2 aromatic rings. The number of anilines is 1. The van der Waals surface area contributed by atoms with E-state index in [4.69, 9.17) is 0 Å². The smallest absolute Gasteiger partial charge is 0.321 e. The van der Waals surface area contributed by atoms with Crippen LogP contribution in [0.2, 0.25) is 0 Å². The zero-order valence-electron chi connectivity index (χ0n) is 9.73. The lowest BCUT2D eigenvalue weighted by atomic mass is 10.2. The number of hydrogen-bond acceptors (Lipinski definition) is 3. The van der Waals surface area contributed by atoms with E-state index in [1.54, 1.807) is 12.1 Å². The molecule has 0 radical (unpaired) electrons. The fourth-order valence-corrected chi connectivity index (χ4v) is 1.56. The van der Waals surface area contributed by atoms with E-state index in [-0.39, 0.29) is 18.3 Å². The van der Waals surface area contributed by atoms with Gasteiger partial charge in [-0.3, -0.25) is 5.32 Å². The van der Waals surface area contributed by atoms with Crippen LogP contribution < -0.4 is 10.6 Å². The van der Waals surface area contributed by atoms with Gasteiger partial charge in [-0.1, -0.05) is 12.1 Å². The van der Waals surface area contributed by atoms with Crippen LogP contribution in [0.3, 0.4) is 0 Å². The van der Waals surface area contributed by atoms with E-state index in [0.29, 0.717) is 5.56 Å². The second-order valence-corrected chi connectivity index (χ2v) is 4.58. The first-order valence-corrected chi connectivity index (χ1v) is 6.19. The molecule has 0 aliphatic carbocycles. The number of hydrogen-bond donors (Lipinski definition) is 2. The Morgan fingerprint density at radius 1 is 1.32 bits per heavy atom. The first-order valence-electron chi connectivity index (χ1n) is 5.40. The molecule has 1 aromatic heterocycles. The fraction of sp³-hybridized carbons (Fsp3) is 0.0833. The summed E-state index contributed by atoms with van der Waals surface area (Å²) in [6.07, 6.45) is 3.05. The van der Waals surface area contributed by atoms with E-state index < -0.39 is 6.03 Å². The van der Waals surface area contributed by atoms with Gasteiger partial charge >= 0.3 is 6.03 Å². The summed E-state index contributed by atoms with van der Waals surface area (Å²) >= 11 is 3.19. The molecule has 1 aromatic carbocycles. The Labute approximate surface area is 117 Å². The number of carbonyl (C=O) groups is 1. The zero-order chi connectivity index (χ0) is 13.7. The van der Waals surface area contributed by atoms with Gasteiger partial charge in [0.15, 0.2) is 0 Å². The van der Waals surface area contributed by atoms with Gasteiger partial charge in [-0.25, -0.2) is 19.2 Å². The molecule has 2 amide bonds. The van der Waals surface area contributed by atoms with Crippen molar-refractivity contribution < 1.29 is 9.18 Å². The minimum absolute atomic E-state index is 0.194. The van der Waals surface area contributed by atoms with Crippen molar-refractivity contribution >= 4 is 27.9 Å². The van der Waals surface area contributed by atoms with Gasteiger partial charge in [0.2, 0.25) is 5.95 Å². The fourth-order valence-electron chi connectivity index (χ4n) is 1.35. The van der Waals surface area contributed by atoms with Gasteiger partial charge in [0.1, 0.15) is 5.82 Å². The normalized spacial score (nSPS) is 10.0. The molecule has 2 rings (SSSR count). The summed E-state index contributed by atoms with van der Waals surface area (Å²) < 4.78 is 13.6. The highest BCUT2D eigenvalue weighted by Gasteiger charge is 2.04. The SMILES string of the molecule is O=C(NCc1cccc(F)c1)Nc1ncc(Br)cn1. The van der Waals surface area contributed by atoms with Gasteiger partial charge in [-0.2, -0.15) is 0 Å². The van der Waals surface area contributed by atoms with E-state index in [0.717, 1.165) is 4.47 Å². The van der Waals surface area contributed by atoms with Crippen molar-refractivity contribution in [3.63, 3.8) is 0 Å². The second kappa shape index (κ2) is 6.24. The molecular formula is C12H10BrFN4O. The van der Waals surface area contributed by atoms with Gasteiger partial charge in [-0.15, -0.1) is 0 Å². The van der Waals surface area contributed by atoms with E-state index in [9.17, 15) is 9.18 Å². The molecule has 1 heterocycles. The first kappa shape index (κ1) is 13.4. The number of amides is 2. The molecule has 0 fully saturated rings. The molecule has 0 aliphatic heterocycles. The first-order chi connectivity index (χ1) is 9.13. The topological polar surface area (TPSA) is 66.9 Å². The Hall–Kier alpha value is -2.02. The van der Waals surface area contributed by atoms with E-state index in [1.165, 1.54) is 24.5 Å². The predicted molar refractivity (Wildman–Crippen MR) is 72.0 cm³/mol. The van der Waals surface area contributed by atoms with Gasteiger partial charge in [0, 0.05) is 18.9 Å². The third kappa shape index (κ3) is 4.29. The summed E-state index contributed by atoms with van der Waals surface area (Å²) in [6.45, 7) is 0.222. The summed E-state index contributed by atoms with van der Waals surface area (Å²) in [4.78, 5) is 19.3. The van der Waals surface area contributed by atoms with Crippen LogP contribution in [0.25, 0.3) is 0 Å². The number of nitrogens with one attached hydrogen (secondary N) is 2. The molecule has 0 spiro atoms. The maximum absolute atomic E-state index is 12.9. The van der Waals surface area contributed by atoms with E-state index >= 15 is 0 Å². The number of nitrogens with zero attached hydrogens (tertiary/aromatic N) is 2. The second-order valence-electron chi connectivity index (χ2n) is 3.66. The average Bonchev–Trinajstić information content (AvgIpc) is 2.39. The Balaban J connectivity index is 1.86. The van der Waals surface area contributed by atoms with Crippen molar-refractivity contribution in [2.45, 2.75) is 6.54 Å². The molecule has 7 heteroatoms. The summed E-state index contributed by atoms with van der Waals surface area (Å²) in [5.74, 6) is -0.143. The monoisotopic (exact) mass is 324 g/mol. The Bertz CT molecular complexity index is 576. The minimum Gasteiger partial charge on any atom is -0.334 e. The minimum atomic E-state index is -0.452. The number of urea groups is 1. The zero-order valence-corrected chi connectivity index (χ0v) is 11.3. The summed E-state index contributed by atoms with van der Waals surface area (Å²) in [5.41, 5.74) is 0.673. The summed E-state index contributed by atoms with van der Waals surface area (Å²) in [5, 5.41) is 5.05. The van der Waals surface area contributed by atoms with Crippen LogP contribution in [0.5, 0.6) is 0 Å². The van der Waals surface area contributed by atoms with Crippen molar-refractivity contribution in [3.05, 3.63) is 52.5 Å².